The van der Waals surface area contributed by atoms with Crippen molar-refractivity contribution >= 4 is 0 Å². The molecule has 0 bridgehead atoms. The van der Waals surface area contributed by atoms with Crippen molar-refractivity contribution in [3.63, 3.8) is 0 Å². The van der Waals surface area contributed by atoms with E-state index in [0.29, 0.717) is 32.2 Å². The fourth-order valence-corrected chi connectivity index (χ4v) is 4.28. The average molecular weight is 397 g/mol. The number of piperidine rings is 1. The molecule has 3 rings (SSSR count). The zero-order valence-corrected chi connectivity index (χ0v) is 17.0. The Labute approximate surface area is 167 Å². The lowest BCUT2D eigenvalue weighted by Crippen LogP contribution is -2.40. The summed E-state index contributed by atoms with van der Waals surface area (Å²) in [6, 6.07) is 8.32. The summed E-state index contributed by atoms with van der Waals surface area (Å²) >= 11 is 0. The van der Waals surface area contributed by atoms with Gasteiger partial charge in [0.15, 0.2) is 0 Å². The fraction of sp³-hybridized carbons (Fsp3) is 0.727. The maximum atomic E-state index is 13.3. The predicted octanol–water partition coefficient (Wildman–Crippen LogP) is 3.92. The maximum absolute atomic E-state index is 13.3. The highest BCUT2D eigenvalue weighted by molar-refractivity contribution is 5.28. The first-order valence-electron chi connectivity index (χ1n) is 10.6. The monoisotopic (exact) mass is 396 g/mol. The standard InChI is InChI=1S/C22H34F2N2O2/c1-25(19-7-3-2-4-8-19)16-20(27)17-28-21-9-5-6-18(14-21)15-26-12-10-22(23,24)11-13-26/h5-6,9,14,19-20,27H,2-4,7-8,10-13,15-17H2,1H3/t20-/m1/s1. The topological polar surface area (TPSA) is 35.9 Å². The molecule has 6 heteroatoms. The van der Waals surface area contributed by atoms with Gasteiger partial charge in [-0.2, -0.15) is 0 Å². The molecule has 1 N–H and O–H groups in total. The molecule has 1 aromatic rings. The van der Waals surface area contributed by atoms with Gasteiger partial charge >= 0.3 is 0 Å². The number of aliphatic hydroxyl groups is 1. The summed E-state index contributed by atoms with van der Waals surface area (Å²) in [5.41, 5.74) is 1.05. The van der Waals surface area contributed by atoms with E-state index in [1.165, 1.54) is 32.1 Å². The third kappa shape index (κ3) is 6.68. The number of alkyl halides is 2. The van der Waals surface area contributed by atoms with Crippen molar-refractivity contribution in [3.05, 3.63) is 29.8 Å². The lowest BCUT2D eigenvalue weighted by molar-refractivity contribution is -0.0566. The maximum Gasteiger partial charge on any atom is 0.250 e. The first-order valence-corrected chi connectivity index (χ1v) is 10.6. The van der Waals surface area contributed by atoms with Crippen LogP contribution in [-0.4, -0.2) is 66.3 Å². The van der Waals surface area contributed by atoms with Crippen molar-refractivity contribution in [3.8, 4) is 5.75 Å². The molecule has 158 valence electrons. The fourth-order valence-electron chi connectivity index (χ4n) is 4.28. The van der Waals surface area contributed by atoms with Crippen LogP contribution in [0.15, 0.2) is 24.3 Å². The largest absolute Gasteiger partial charge is 0.491 e. The van der Waals surface area contributed by atoms with Crippen molar-refractivity contribution in [1.82, 2.24) is 9.80 Å². The molecule has 1 aliphatic carbocycles. The lowest BCUT2D eigenvalue weighted by Gasteiger charge is -2.32. The van der Waals surface area contributed by atoms with Gasteiger partial charge in [0.25, 0.3) is 5.92 Å². The van der Waals surface area contributed by atoms with Crippen LogP contribution in [0.3, 0.4) is 0 Å². The van der Waals surface area contributed by atoms with Gasteiger partial charge < -0.3 is 14.7 Å². The van der Waals surface area contributed by atoms with Crippen molar-refractivity contribution in [2.75, 3.05) is 33.3 Å². The smallest absolute Gasteiger partial charge is 0.250 e. The highest BCUT2D eigenvalue weighted by Crippen LogP contribution is 2.28. The highest BCUT2D eigenvalue weighted by atomic mass is 19.3. The predicted molar refractivity (Wildman–Crippen MR) is 107 cm³/mol. The quantitative estimate of drug-likeness (QED) is 0.723. The molecule has 1 aromatic carbocycles. The van der Waals surface area contributed by atoms with Gasteiger partial charge in [-0.25, -0.2) is 8.78 Å². The zero-order valence-electron chi connectivity index (χ0n) is 17.0. The second kappa shape index (κ2) is 9.99. The van der Waals surface area contributed by atoms with E-state index in [2.05, 4.69) is 16.8 Å². The molecule has 0 radical (unpaired) electrons. The van der Waals surface area contributed by atoms with Crippen LogP contribution in [-0.2, 0) is 6.54 Å². The van der Waals surface area contributed by atoms with Crippen LogP contribution in [0.25, 0.3) is 0 Å². The number of rotatable bonds is 8. The molecule has 0 unspecified atom stereocenters. The van der Waals surface area contributed by atoms with E-state index in [0.717, 1.165) is 11.3 Å². The molecule has 2 fully saturated rings. The second-order valence-corrected chi connectivity index (χ2v) is 8.48. The van der Waals surface area contributed by atoms with Crippen LogP contribution in [0.5, 0.6) is 5.75 Å². The summed E-state index contributed by atoms with van der Waals surface area (Å²) in [5.74, 6) is -1.79. The first-order chi connectivity index (χ1) is 13.4. The molecular weight excluding hydrogens is 362 g/mol. The van der Waals surface area contributed by atoms with Gasteiger partial charge in [-0.15, -0.1) is 0 Å². The minimum Gasteiger partial charge on any atom is -0.491 e. The number of hydrogen-bond acceptors (Lipinski definition) is 4. The Balaban J connectivity index is 1.42. The van der Waals surface area contributed by atoms with Crippen LogP contribution in [0, 0.1) is 0 Å². The van der Waals surface area contributed by atoms with Crippen LogP contribution in [0.1, 0.15) is 50.5 Å². The Morgan fingerprint density at radius 3 is 2.64 bits per heavy atom. The summed E-state index contributed by atoms with van der Waals surface area (Å²) in [4.78, 5) is 4.32. The molecule has 0 aromatic heterocycles. The van der Waals surface area contributed by atoms with Gasteiger partial charge in [-0.3, -0.25) is 4.90 Å². The Morgan fingerprint density at radius 1 is 1.21 bits per heavy atom. The minimum absolute atomic E-state index is 0.0656. The van der Waals surface area contributed by atoms with Gasteiger partial charge in [0.2, 0.25) is 0 Å². The van der Waals surface area contributed by atoms with Crippen LogP contribution in [0.4, 0.5) is 8.78 Å². The number of likely N-dealkylation sites (N-methyl/N-ethyl adjacent to an activating group) is 1. The third-order valence-corrected chi connectivity index (χ3v) is 6.03. The Hall–Kier alpha value is -1.24. The molecule has 1 saturated heterocycles. The number of benzene rings is 1. The van der Waals surface area contributed by atoms with Crippen LogP contribution < -0.4 is 4.74 Å². The normalized spacial score (nSPS) is 22.3. The van der Waals surface area contributed by atoms with Gasteiger partial charge in [0, 0.05) is 45.1 Å². The number of likely N-dealkylation sites (tertiary alicyclic amines) is 1. The van der Waals surface area contributed by atoms with Crippen molar-refractivity contribution in [2.45, 2.75) is 69.6 Å². The summed E-state index contributed by atoms with van der Waals surface area (Å²) in [7, 11) is 2.09. The van der Waals surface area contributed by atoms with Gasteiger partial charge in [-0.1, -0.05) is 31.4 Å². The van der Waals surface area contributed by atoms with Gasteiger partial charge in [0.05, 0.1) is 0 Å². The van der Waals surface area contributed by atoms with E-state index >= 15 is 0 Å². The van der Waals surface area contributed by atoms with E-state index in [1.807, 2.05) is 24.3 Å². The van der Waals surface area contributed by atoms with E-state index in [9.17, 15) is 13.9 Å². The van der Waals surface area contributed by atoms with Crippen molar-refractivity contribution in [1.29, 1.82) is 0 Å². The molecule has 1 heterocycles. The molecule has 1 saturated carbocycles. The van der Waals surface area contributed by atoms with E-state index in [-0.39, 0.29) is 19.4 Å². The number of aliphatic hydroxyl groups excluding tert-OH is 1. The number of nitrogens with zero attached hydrogens (tertiary/aromatic N) is 2. The first kappa shape index (κ1) is 21.5. The van der Waals surface area contributed by atoms with E-state index < -0.39 is 12.0 Å². The SMILES string of the molecule is CN(C[C@@H](O)COc1cccc(CN2CCC(F)(F)CC2)c1)C1CCCCC1. The average Bonchev–Trinajstić information content (AvgIpc) is 2.69. The summed E-state index contributed by atoms with van der Waals surface area (Å²) < 4.78 is 32.4. The third-order valence-electron chi connectivity index (χ3n) is 6.03. The number of halogens is 2. The Kier molecular flexibility index (Phi) is 7.66. The molecule has 0 spiro atoms. The molecule has 0 amide bonds. The van der Waals surface area contributed by atoms with E-state index in [4.69, 9.17) is 4.74 Å². The second-order valence-electron chi connectivity index (χ2n) is 8.48. The van der Waals surface area contributed by atoms with E-state index in [1.54, 1.807) is 0 Å². The van der Waals surface area contributed by atoms with Crippen molar-refractivity contribution in [2.24, 2.45) is 0 Å². The molecule has 4 nitrogen and oxygen atoms in total. The molecule has 28 heavy (non-hydrogen) atoms. The van der Waals surface area contributed by atoms with Gasteiger partial charge in [0.1, 0.15) is 18.5 Å². The van der Waals surface area contributed by atoms with Crippen LogP contribution in [0.2, 0.25) is 0 Å². The minimum atomic E-state index is -2.51. The number of hydrogen-bond donors (Lipinski definition) is 1. The molecule has 1 aliphatic heterocycles. The molecule has 2 aliphatic rings. The lowest BCUT2D eigenvalue weighted by atomic mass is 9.94. The van der Waals surface area contributed by atoms with Crippen molar-refractivity contribution < 1.29 is 18.6 Å². The van der Waals surface area contributed by atoms with Crippen LogP contribution >= 0.6 is 0 Å². The summed E-state index contributed by atoms with van der Waals surface area (Å²) in [5, 5.41) is 10.3. The summed E-state index contributed by atoms with van der Waals surface area (Å²) in [6.45, 7) is 2.37. The van der Waals surface area contributed by atoms with Gasteiger partial charge in [-0.05, 0) is 37.6 Å². The molecule has 1 atom stereocenters. The zero-order chi connectivity index (χ0) is 20.0. The number of ether oxygens (including phenoxy) is 1. The molecular formula is C22H34F2N2O2. The highest BCUT2D eigenvalue weighted by Gasteiger charge is 2.33. The Bertz CT molecular complexity index is 598. The Morgan fingerprint density at radius 2 is 1.93 bits per heavy atom. The summed E-state index contributed by atoms with van der Waals surface area (Å²) in [6.07, 6.45) is 5.66.